The van der Waals surface area contributed by atoms with Crippen molar-refractivity contribution in [2.75, 3.05) is 13.1 Å². The van der Waals surface area contributed by atoms with E-state index in [0.717, 1.165) is 48.8 Å². The lowest BCUT2D eigenvalue weighted by atomic mass is 9.91. The summed E-state index contributed by atoms with van der Waals surface area (Å²) in [6.07, 6.45) is 8.21. The molecule has 2 heterocycles. The van der Waals surface area contributed by atoms with Gasteiger partial charge in [0, 0.05) is 50.0 Å². The topological polar surface area (TPSA) is 50.2 Å². The fraction of sp³-hybridized carbons (Fsp3) is 0.524. The quantitative estimate of drug-likeness (QED) is 0.920. The Bertz CT molecular complexity index is 806. The molecular formula is C21H28N4O. The highest BCUT2D eigenvalue weighted by atomic mass is 16.1. The Morgan fingerprint density at radius 3 is 2.65 bits per heavy atom. The molecule has 0 unspecified atom stereocenters. The highest BCUT2D eigenvalue weighted by Crippen LogP contribution is 2.27. The number of nitrogens with one attached hydrogen (secondary N) is 1. The first kappa shape index (κ1) is 17.3. The molecule has 1 saturated carbocycles. The zero-order valence-electron chi connectivity index (χ0n) is 15.8. The van der Waals surface area contributed by atoms with Crippen LogP contribution in [0, 0.1) is 6.92 Å². The standard InChI is InChI=1S/C21H28N4O/c1-15-19(14-24(2)23-15)13-22-21(26)18-7-6-16-8-10-25(20-4-3-5-20)11-9-17(16)12-18/h6-7,12,14,20H,3-5,8-11,13H2,1-2H3,(H,22,26). The second-order valence-electron chi connectivity index (χ2n) is 7.70. The Morgan fingerprint density at radius 2 is 2.00 bits per heavy atom. The van der Waals surface area contributed by atoms with Crippen molar-refractivity contribution in [3.8, 4) is 0 Å². The van der Waals surface area contributed by atoms with E-state index in [1.54, 1.807) is 4.68 Å². The van der Waals surface area contributed by atoms with Crippen molar-refractivity contribution < 1.29 is 4.79 Å². The van der Waals surface area contributed by atoms with Gasteiger partial charge in [0.2, 0.25) is 0 Å². The fourth-order valence-corrected chi connectivity index (χ4v) is 4.10. The van der Waals surface area contributed by atoms with Crippen LogP contribution >= 0.6 is 0 Å². The highest BCUT2D eigenvalue weighted by Gasteiger charge is 2.26. The van der Waals surface area contributed by atoms with Gasteiger partial charge in [-0.15, -0.1) is 0 Å². The van der Waals surface area contributed by atoms with Crippen LogP contribution in [0.3, 0.4) is 0 Å². The summed E-state index contributed by atoms with van der Waals surface area (Å²) < 4.78 is 1.78. The first-order chi connectivity index (χ1) is 12.6. The molecule has 0 radical (unpaired) electrons. The lowest BCUT2D eigenvalue weighted by Crippen LogP contribution is -2.41. The second-order valence-corrected chi connectivity index (χ2v) is 7.70. The number of nitrogens with zero attached hydrogens (tertiary/aromatic N) is 3. The van der Waals surface area contributed by atoms with Gasteiger partial charge < -0.3 is 5.32 Å². The first-order valence-corrected chi connectivity index (χ1v) is 9.73. The van der Waals surface area contributed by atoms with Gasteiger partial charge in [-0.2, -0.15) is 5.10 Å². The molecule has 26 heavy (non-hydrogen) atoms. The van der Waals surface area contributed by atoms with E-state index < -0.39 is 0 Å². The number of carbonyl (C=O) groups excluding carboxylic acids is 1. The van der Waals surface area contributed by atoms with Gasteiger partial charge in [0.15, 0.2) is 0 Å². The van der Waals surface area contributed by atoms with E-state index in [1.807, 2.05) is 26.2 Å². The van der Waals surface area contributed by atoms with Gasteiger partial charge in [-0.25, -0.2) is 0 Å². The molecule has 2 aromatic rings. The number of hydrogen-bond donors (Lipinski definition) is 1. The zero-order chi connectivity index (χ0) is 18.1. The monoisotopic (exact) mass is 352 g/mol. The van der Waals surface area contributed by atoms with Gasteiger partial charge in [0.25, 0.3) is 5.91 Å². The number of amides is 1. The molecule has 2 aliphatic rings. The molecule has 0 bridgehead atoms. The minimum atomic E-state index is -0.00357. The summed E-state index contributed by atoms with van der Waals surface area (Å²) >= 11 is 0. The SMILES string of the molecule is Cc1nn(C)cc1CNC(=O)c1ccc2c(c1)CCN(C1CCC1)CC2. The molecule has 5 heteroatoms. The summed E-state index contributed by atoms with van der Waals surface area (Å²) in [7, 11) is 1.90. The van der Waals surface area contributed by atoms with E-state index in [2.05, 4.69) is 27.4 Å². The van der Waals surface area contributed by atoms with E-state index in [4.69, 9.17) is 0 Å². The van der Waals surface area contributed by atoms with E-state index in [9.17, 15) is 4.79 Å². The minimum Gasteiger partial charge on any atom is -0.348 e. The molecule has 0 spiro atoms. The van der Waals surface area contributed by atoms with Crippen LogP contribution in [-0.4, -0.2) is 39.7 Å². The van der Waals surface area contributed by atoms with Crippen molar-refractivity contribution in [2.45, 2.75) is 51.6 Å². The number of fused-ring (bicyclic) bond motifs is 1. The van der Waals surface area contributed by atoms with Crippen molar-refractivity contribution in [3.63, 3.8) is 0 Å². The van der Waals surface area contributed by atoms with Crippen LogP contribution in [0.4, 0.5) is 0 Å². The summed E-state index contributed by atoms with van der Waals surface area (Å²) in [5, 5.41) is 7.36. The van der Waals surface area contributed by atoms with E-state index in [1.165, 1.54) is 30.4 Å². The molecule has 4 rings (SSSR count). The third-order valence-corrected chi connectivity index (χ3v) is 5.95. The van der Waals surface area contributed by atoms with Crippen LogP contribution in [0.1, 0.15) is 52.0 Å². The predicted molar refractivity (Wildman–Crippen MR) is 102 cm³/mol. The summed E-state index contributed by atoms with van der Waals surface area (Å²) in [5.41, 5.74) is 5.54. The molecule has 5 nitrogen and oxygen atoms in total. The summed E-state index contributed by atoms with van der Waals surface area (Å²) in [4.78, 5) is 15.2. The molecule has 0 saturated heterocycles. The predicted octanol–water partition coefficient (Wildman–Crippen LogP) is 2.61. The van der Waals surface area contributed by atoms with Crippen molar-refractivity contribution >= 4 is 5.91 Å². The Morgan fingerprint density at radius 1 is 1.23 bits per heavy atom. The van der Waals surface area contributed by atoms with Gasteiger partial charge in [-0.05, 0) is 55.9 Å². The van der Waals surface area contributed by atoms with Crippen molar-refractivity contribution in [1.29, 1.82) is 0 Å². The van der Waals surface area contributed by atoms with Crippen molar-refractivity contribution in [3.05, 3.63) is 52.3 Å². The second kappa shape index (κ2) is 7.23. The summed E-state index contributed by atoms with van der Waals surface area (Å²) in [6.45, 7) is 4.77. The molecule has 0 atom stereocenters. The molecule has 1 aromatic carbocycles. The van der Waals surface area contributed by atoms with Gasteiger partial charge in [0.1, 0.15) is 0 Å². The minimum absolute atomic E-state index is 0.00357. The Labute approximate surface area is 155 Å². The van der Waals surface area contributed by atoms with Crippen LogP contribution in [0.25, 0.3) is 0 Å². The van der Waals surface area contributed by atoms with Crippen molar-refractivity contribution in [1.82, 2.24) is 20.0 Å². The van der Waals surface area contributed by atoms with Gasteiger partial charge in [-0.1, -0.05) is 12.5 Å². The molecule has 1 aromatic heterocycles. The lowest BCUT2D eigenvalue weighted by molar-refractivity contribution is 0.0950. The Hall–Kier alpha value is -2.14. The Balaban J connectivity index is 1.41. The number of benzene rings is 1. The molecule has 1 N–H and O–H groups in total. The lowest BCUT2D eigenvalue weighted by Gasteiger charge is -2.36. The van der Waals surface area contributed by atoms with E-state index in [-0.39, 0.29) is 5.91 Å². The Kier molecular flexibility index (Phi) is 4.81. The van der Waals surface area contributed by atoms with Gasteiger partial charge in [-0.3, -0.25) is 14.4 Å². The van der Waals surface area contributed by atoms with Crippen LogP contribution in [-0.2, 0) is 26.4 Å². The van der Waals surface area contributed by atoms with Crippen LogP contribution < -0.4 is 5.32 Å². The number of aromatic nitrogens is 2. The normalized spacial score (nSPS) is 18.1. The number of hydrogen-bond acceptors (Lipinski definition) is 3. The average Bonchev–Trinajstić information content (AvgIpc) is 2.78. The largest absolute Gasteiger partial charge is 0.348 e. The maximum Gasteiger partial charge on any atom is 0.251 e. The summed E-state index contributed by atoms with van der Waals surface area (Å²) in [6, 6.07) is 7.04. The number of aryl methyl sites for hydroxylation is 2. The fourth-order valence-electron chi connectivity index (χ4n) is 4.10. The van der Waals surface area contributed by atoms with Crippen molar-refractivity contribution in [2.24, 2.45) is 7.05 Å². The first-order valence-electron chi connectivity index (χ1n) is 9.73. The summed E-state index contributed by atoms with van der Waals surface area (Å²) in [5.74, 6) is -0.00357. The molecular weight excluding hydrogens is 324 g/mol. The molecule has 1 aliphatic carbocycles. The third kappa shape index (κ3) is 3.54. The number of rotatable bonds is 4. The maximum absolute atomic E-state index is 12.6. The van der Waals surface area contributed by atoms with Crippen LogP contribution in [0.5, 0.6) is 0 Å². The zero-order valence-corrected chi connectivity index (χ0v) is 15.8. The van der Waals surface area contributed by atoms with Crippen LogP contribution in [0.2, 0.25) is 0 Å². The average molecular weight is 352 g/mol. The van der Waals surface area contributed by atoms with E-state index in [0.29, 0.717) is 6.54 Å². The number of carbonyl (C=O) groups is 1. The smallest absolute Gasteiger partial charge is 0.251 e. The van der Waals surface area contributed by atoms with Crippen LogP contribution in [0.15, 0.2) is 24.4 Å². The van der Waals surface area contributed by atoms with E-state index >= 15 is 0 Å². The molecule has 1 fully saturated rings. The third-order valence-electron chi connectivity index (χ3n) is 5.95. The highest BCUT2D eigenvalue weighted by molar-refractivity contribution is 5.94. The van der Waals surface area contributed by atoms with Gasteiger partial charge >= 0.3 is 0 Å². The van der Waals surface area contributed by atoms with Gasteiger partial charge in [0.05, 0.1) is 5.69 Å². The molecule has 1 aliphatic heterocycles. The molecule has 1 amide bonds. The maximum atomic E-state index is 12.6. The molecule has 138 valence electrons.